The van der Waals surface area contributed by atoms with E-state index < -0.39 is 17.9 Å². The molecule has 0 spiro atoms. The zero-order valence-corrected chi connectivity index (χ0v) is 20.2. The maximum absolute atomic E-state index is 11.3. The number of esters is 2. The van der Waals surface area contributed by atoms with E-state index in [1.54, 1.807) is 0 Å². The Labute approximate surface area is 196 Å². The van der Waals surface area contributed by atoms with Gasteiger partial charge in [0.25, 0.3) is 0 Å². The molecule has 8 nitrogen and oxygen atoms in total. The van der Waals surface area contributed by atoms with Gasteiger partial charge in [0.2, 0.25) is 0 Å². The van der Waals surface area contributed by atoms with Crippen molar-refractivity contribution in [3.8, 4) is 0 Å². The van der Waals surface area contributed by atoms with Gasteiger partial charge in [-0.25, -0.2) is 14.4 Å². The number of hydrogen-bond acceptors (Lipinski definition) is 6. The van der Waals surface area contributed by atoms with E-state index in [0.29, 0.717) is 17.9 Å². The molecule has 2 fully saturated rings. The molecule has 3 unspecified atom stereocenters. The molecule has 0 amide bonds. The third-order valence-electron chi connectivity index (χ3n) is 6.56. The lowest BCUT2D eigenvalue weighted by Crippen LogP contribution is -2.38. The Morgan fingerprint density at radius 2 is 1.70 bits per heavy atom. The molecule has 0 radical (unpaired) electrons. The van der Waals surface area contributed by atoms with Gasteiger partial charge in [-0.05, 0) is 37.0 Å². The predicted octanol–water partition coefficient (Wildman–Crippen LogP) is 4.55. The monoisotopic (exact) mass is 466 g/mol. The highest BCUT2D eigenvalue weighted by atomic mass is 16.5. The fraction of sp³-hybridized carbons (Fsp3) is 0.600. The molecule has 0 aromatic rings. The summed E-state index contributed by atoms with van der Waals surface area (Å²) < 4.78 is 10.1. The number of ether oxygens (including phenoxy) is 2. The summed E-state index contributed by atoms with van der Waals surface area (Å²) in [6.45, 7) is 15.9. The van der Waals surface area contributed by atoms with Crippen molar-refractivity contribution < 1.29 is 38.9 Å². The Hall–Kier alpha value is -2.90. The van der Waals surface area contributed by atoms with Crippen LogP contribution in [0, 0.1) is 16.7 Å². The summed E-state index contributed by atoms with van der Waals surface area (Å²) in [4.78, 5) is 41.4. The van der Waals surface area contributed by atoms with Crippen LogP contribution in [0.2, 0.25) is 0 Å². The number of carbonyl (C=O) groups excluding carboxylic acids is 2. The van der Waals surface area contributed by atoms with Gasteiger partial charge in [0.15, 0.2) is 0 Å². The molecule has 2 N–H and O–H groups in total. The number of carboxylic acids is 2. The molecule has 0 aliphatic heterocycles. The first-order valence-electron chi connectivity index (χ1n) is 11.1. The van der Waals surface area contributed by atoms with Gasteiger partial charge in [-0.1, -0.05) is 46.8 Å². The average molecular weight is 467 g/mol. The van der Waals surface area contributed by atoms with E-state index in [1.165, 1.54) is 25.0 Å². The molecule has 2 bridgehead atoms. The summed E-state index contributed by atoms with van der Waals surface area (Å²) in [6, 6.07) is 0. The molecule has 0 saturated heterocycles. The first kappa shape index (κ1) is 30.1. The van der Waals surface area contributed by atoms with E-state index in [4.69, 9.17) is 14.9 Å². The normalized spacial score (nSPS) is 23.9. The van der Waals surface area contributed by atoms with Crippen LogP contribution in [-0.4, -0.2) is 46.8 Å². The fourth-order valence-electron chi connectivity index (χ4n) is 4.12. The van der Waals surface area contributed by atoms with E-state index in [-0.39, 0.29) is 23.9 Å². The third-order valence-corrected chi connectivity index (χ3v) is 6.56. The van der Waals surface area contributed by atoms with E-state index >= 15 is 0 Å². The number of hydrogen-bond donors (Lipinski definition) is 2. The van der Waals surface area contributed by atoms with Crippen molar-refractivity contribution in [2.75, 3.05) is 6.61 Å². The Kier molecular flexibility index (Phi) is 13.0. The summed E-state index contributed by atoms with van der Waals surface area (Å²) in [7, 11) is 0. The van der Waals surface area contributed by atoms with Gasteiger partial charge in [0.05, 0.1) is 13.0 Å². The Morgan fingerprint density at radius 1 is 1.06 bits per heavy atom. The maximum Gasteiger partial charge on any atom is 0.331 e. The number of rotatable bonds is 9. The van der Waals surface area contributed by atoms with Gasteiger partial charge < -0.3 is 19.7 Å². The highest BCUT2D eigenvalue weighted by Gasteiger charge is 2.62. The van der Waals surface area contributed by atoms with Crippen molar-refractivity contribution in [1.29, 1.82) is 0 Å². The summed E-state index contributed by atoms with van der Waals surface area (Å²) in [6.07, 6.45) is 9.66. The van der Waals surface area contributed by atoms with Crippen LogP contribution < -0.4 is 0 Å². The molecular formula is C25H38O8. The summed E-state index contributed by atoms with van der Waals surface area (Å²) in [5.41, 5.74) is 0.468. The lowest BCUT2D eigenvalue weighted by molar-refractivity contribution is -0.150. The molecule has 33 heavy (non-hydrogen) atoms. The number of aliphatic carboxylic acids is 2. The van der Waals surface area contributed by atoms with Crippen LogP contribution in [0.3, 0.4) is 0 Å². The molecule has 0 aromatic heterocycles. The van der Waals surface area contributed by atoms with Gasteiger partial charge in [-0.2, -0.15) is 0 Å². The van der Waals surface area contributed by atoms with Crippen LogP contribution in [0.1, 0.15) is 66.2 Å². The van der Waals surface area contributed by atoms with Crippen molar-refractivity contribution in [2.45, 2.75) is 72.3 Å². The first-order chi connectivity index (χ1) is 15.3. The molecule has 2 rings (SSSR count). The van der Waals surface area contributed by atoms with E-state index in [2.05, 4.69) is 38.7 Å². The number of unbranched alkanes of at least 4 members (excludes halogenated alkanes) is 1. The molecule has 0 aromatic carbocycles. The molecule has 186 valence electrons. The smallest absolute Gasteiger partial charge is 0.331 e. The molecule has 0 heterocycles. The van der Waals surface area contributed by atoms with Crippen molar-refractivity contribution in [3.05, 3.63) is 37.5 Å². The van der Waals surface area contributed by atoms with Crippen molar-refractivity contribution in [3.63, 3.8) is 0 Å². The van der Waals surface area contributed by atoms with Gasteiger partial charge >= 0.3 is 23.9 Å². The fourth-order valence-corrected chi connectivity index (χ4v) is 4.12. The number of carboxylic acid groups (broad SMARTS) is 2. The summed E-state index contributed by atoms with van der Waals surface area (Å²) in [5, 5.41) is 16.0. The van der Waals surface area contributed by atoms with Gasteiger partial charge in [-0.3, -0.25) is 4.79 Å². The van der Waals surface area contributed by atoms with Crippen LogP contribution in [-0.2, 0) is 28.7 Å². The van der Waals surface area contributed by atoms with Gasteiger partial charge in [0, 0.05) is 23.6 Å². The minimum Gasteiger partial charge on any atom is -0.481 e. The highest BCUT2D eigenvalue weighted by Crippen LogP contribution is 2.66. The molecule has 2 saturated carbocycles. The number of fused-ring (bicyclic) bond motifs is 2. The van der Waals surface area contributed by atoms with E-state index in [0.717, 1.165) is 31.4 Å². The largest absolute Gasteiger partial charge is 0.481 e. The molecular weight excluding hydrogens is 428 g/mol. The second-order valence-electron chi connectivity index (χ2n) is 8.82. The molecule has 8 heteroatoms. The third kappa shape index (κ3) is 9.63. The Balaban J connectivity index is 0.000000511. The topological polar surface area (TPSA) is 127 Å². The Morgan fingerprint density at radius 3 is 2.06 bits per heavy atom. The standard InChI is InChI=1S/C13H20O2.C8H12O4.C4H6O2/c1-5-11(14)15-10-8-9-6-7-13(10,4)12(9,2)3;1-2-3-6-12-8(11)5-4-7(9)10;1-2-3-4(5)6/h5,9-10H,1,6-8H2,2-4H3;4-5H,2-3,6H2,1H3,(H,9,10);2H,1,3H2,(H,5,6)/b;5-4-;. The summed E-state index contributed by atoms with van der Waals surface area (Å²) in [5.74, 6) is -2.15. The zero-order chi connectivity index (χ0) is 25.7. The van der Waals surface area contributed by atoms with Crippen LogP contribution in [0.4, 0.5) is 0 Å². The zero-order valence-electron chi connectivity index (χ0n) is 20.2. The quantitative estimate of drug-likeness (QED) is 0.219. The maximum atomic E-state index is 11.3. The van der Waals surface area contributed by atoms with Crippen LogP contribution in [0.5, 0.6) is 0 Å². The minimum atomic E-state index is -1.15. The second kappa shape index (κ2) is 14.3. The van der Waals surface area contributed by atoms with Gasteiger partial charge in [0.1, 0.15) is 6.10 Å². The minimum absolute atomic E-state index is 0.0556. The SMILES string of the molecule is C=CC(=O)OC1CC2CCC1(C)C2(C)C.C=CCC(=O)O.CCCCOC(=O)/C=C\C(=O)O. The van der Waals surface area contributed by atoms with Crippen molar-refractivity contribution in [2.24, 2.45) is 16.7 Å². The van der Waals surface area contributed by atoms with Crippen LogP contribution in [0.15, 0.2) is 37.5 Å². The van der Waals surface area contributed by atoms with Crippen LogP contribution >= 0.6 is 0 Å². The lowest BCUT2D eigenvalue weighted by Gasteiger charge is -2.38. The lowest BCUT2D eigenvalue weighted by atomic mass is 9.70. The first-order valence-corrected chi connectivity index (χ1v) is 11.1. The van der Waals surface area contributed by atoms with E-state index in [9.17, 15) is 19.2 Å². The average Bonchev–Trinajstić information content (AvgIpc) is 3.07. The molecule has 2 aliphatic carbocycles. The second-order valence-corrected chi connectivity index (χ2v) is 8.82. The van der Waals surface area contributed by atoms with Gasteiger partial charge in [-0.15, -0.1) is 6.58 Å². The predicted molar refractivity (Wildman–Crippen MR) is 124 cm³/mol. The highest BCUT2D eigenvalue weighted by molar-refractivity contribution is 5.90. The van der Waals surface area contributed by atoms with Crippen LogP contribution in [0.25, 0.3) is 0 Å². The summed E-state index contributed by atoms with van der Waals surface area (Å²) >= 11 is 0. The van der Waals surface area contributed by atoms with Crippen molar-refractivity contribution in [1.82, 2.24) is 0 Å². The van der Waals surface area contributed by atoms with Crippen molar-refractivity contribution >= 4 is 23.9 Å². The number of carbonyl (C=O) groups is 4. The molecule has 3 atom stereocenters. The van der Waals surface area contributed by atoms with E-state index in [1.807, 2.05) is 6.92 Å². The Bertz CT molecular complexity index is 737. The molecule has 2 aliphatic rings.